The number of amides is 3. The molecule has 2 aliphatic heterocycles. The van der Waals surface area contributed by atoms with Gasteiger partial charge in [-0.3, -0.25) is 23.7 Å². The molecular weight excluding hydrogens is 450 g/mol. The van der Waals surface area contributed by atoms with Gasteiger partial charge < -0.3 is 20.6 Å². The lowest BCUT2D eigenvalue weighted by Crippen LogP contribution is -2.53. The number of fused-ring (bicyclic) bond motifs is 2. The molecule has 35 heavy (non-hydrogen) atoms. The zero-order valence-electron chi connectivity index (χ0n) is 20.0. The summed E-state index contributed by atoms with van der Waals surface area (Å²) in [6.45, 7) is 0.682. The molecular formula is C25H31N5O5. The molecule has 186 valence electrons. The first-order chi connectivity index (χ1) is 16.7. The van der Waals surface area contributed by atoms with Crippen molar-refractivity contribution >= 4 is 17.7 Å². The van der Waals surface area contributed by atoms with Gasteiger partial charge in [-0.2, -0.15) is 0 Å². The molecule has 0 saturated heterocycles. The molecule has 0 atom stereocenters. The Kier molecular flexibility index (Phi) is 6.90. The molecule has 2 aromatic rings. The van der Waals surface area contributed by atoms with Crippen molar-refractivity contribution in [3.05, 3.63) is 57.8 Å². The number of aromatic nitrogens is 2. The van der Waals surface area contributed by atoms with E-state index >= 15 is 0 Å². The standard InChI is InChI=1S/C25H31N5O5/c1-29(2)23(35)21(33)28-25-12-10-17(11-13-25)15-30-22(34)19(31)18(27-24(25)30)20(32)26-14-6-9-16-7-4-3-5-8-16/h3-5,7-8,17,31H,6,9-15H2,1-2H3,(H,26,32)(H,28,33). The third-order valence-corrected chi connectivity index (χ3v) is 6.91. The average molecular weight is 482 g/mol. The van der Waals surface area contributed by atoms with Crippen LogP contribution in [-0.2, 0) is 28.1 Å². The topological polar surface area (TPSA) is 134 Å². The van der Waals surface area contributed by atoms with Crippen LogP contribution in [-0.4, -0.2) is 57.9 Å². The van der Waals surface area contributed by atoms with Crippen LogP contribution in [0.2, 0.25) is 0 Å². The number of carbonyl (C=O) groups is 3. The van der Waals surface area contributed by atoms with Crippen molar-refractivity contribution in [1.82, 2.24) is 25.1 Å². The summed E-state index contributed by atoms with van der Waals surface area (Å²) in [6.07, 6.45) is 3.86. The summed E-state index contributed by atoms with van der Waals surface area (Å²) in [5, 5.41) is 16.1. The monoisotopic (exact) mass is 481 g/mol. The Bertz CT molecular complexity index is 1180. The zero-order valence-corrected chi connectivity index (χ0v) is 20.0. The van der Waals surface area contributed by atoms with E-state index < -0.39 is 34.6 Å². The first-order valence-corrected chi connectivity index (χ1v) is 11.9. The summed E-state index contributed by atoms with van der Waals surface area (Å²) >= 11 is 0. The number of hydrogen-bond donors (Lipinski definition) is 3. The molecule has 0 radical (unpaired) electrons. The SMILES string of the molecule is CN(C)C(=O)C(=O)NC12CCC(CC1)Cn1c2nc(C(=O)NCCCc2ccccc2)c(O)c1=O. The summed E-state index contributed by atoms with van der Waals surface area (Å²) in [5.74, 6) is -2.47. The molecule has 3 N–H and O–H groups in total. The Hall–Kier alpha value is -3.69. The molecule has 0 spiro atoms. The van der Waals surface area contributed by atoms with Gasteiger partial charge in [0.1, 0.15) is 5.82 Å². The molecule has 1 aromatic heterocycles. The molecule has 1 saturated carbocycles. The Morgan fingerprint density at radius 2 is 1.86 bits per heavy atom. The van der Waals surface area contributed by atoms with Crippen LogP contribution in [0, 0.1) is 5.92 Å². The molecule has 2 bridgehead atoms. The predicted octanol–water partition coefficient (Wildman–Crippen LogP) is 0.915. The zero-order chi connectivity index (χ0) is 25.2. The van der Waals surface area contributed by atoms with E-state index in [-0.39, 0.29) is 17.4 Å². The van der Waals surface area contributed by atoms with E-state index in [4.69, 9.17) is 0 Å². The highest BCUT2D eigenvalue weighted by Crippen LogP contribution is 2.42. The maximum Gasteiger partial charge on any atom is 0.311 e. The molecule has 5 rings (SSSR count). The molecule has 3 heterocycles. The molecule has 1 fully saturated rings. The van der Waals surface area contributed by atoms with E-state index in [1.165, 1.54) is 23.6 Å². The van der Waals surface area contributed by atoms with E-state index in [1.54, 1.807) is 0 Å². The van der Waals surface area contributed by atoms with Crippen LogP contribution in [0.4, 0.5) is 0 Å². The Morgan fingerprint density at radius 3 is 2.51 bits per heavy atom. The van der Waals surface area contributed by atoms with E-state index in [0.29, 0.717) is 32.4 Å². The summed E-state index contributed by atoms with van der Waals surface area (Å²) < 4.78 is 1.35. The first-order valence-electron chi connectivity index (χ1n) is 11.9. The number of aromatic hydroxyl groups is 1. The number of hydrogen-bond acceptors (Lipinski definition) is 6. The van der Waals surface area contributed by atoms with Crippen molar-refractivity contribution in [3.8, 4) is 5.75 Å². The molecule has 10 heteroatoms. The van der Waals surface area contributed by atoms with Gasteiger partial charge in [-0.15, -0.1) is 0 Å². The Morgan fingerprint density at radius 1 is 1.17 bits per heavy atom. The molecule has 10 nitrogen and oxygen atoms in total. The van der Waals surface area contributed by atoms with Crippen LogP contribution in [0.1, 0.15) is 54.0 Å². The summed E-state index contributed by atoms with van der Waals surface area (Å²) in [4.78, 5) is 56.5. The second kappa shape index (κ2) is 9.89. The van der Waals surface area contributed by atoms with E-state index in [9.17, 15) is 24.3 Å². The Labute approximate surface area is 203 Å². The van der Waals surface area contributed by atoms with Gasteiger partial charge in [0.25, 0.3) is 11.5 Å². The highest BCUT2D eigenvalue weighted by molar-refractivity contribution is 6.35. The lowest BCUT2D eigenvalue weighted by Gasteiger charge is -2.37. The third kappa shape index (κ3) is 4.91. The van der Waals surface area contributed by atoms with Gasteiger partial charge in [-0.05, 0) is 50.0 Å². The lowest BCUT2D eigenvalue weighted by molar-refractivity contribution is -0.145. The maximum absolute atomic E-state index is 13.1. The van der Waals surface area contributed by atoms with Crippen LogP contribution in [0.15, 0.2) is 35.1 Å². The van der Waals surface area contributed by atoms with E-state index in [1.807, 2.05) is 30.3 Å². The smallest absolute Gasteiger partial charge is 0.311 e. The molecule has 0 unspecified atom stereocenters. The second-order valence-electron chi connectivity index (χ2n) is 9.57. The van der Waals surface area contributed by atoms with E-state index in [2.05, 4.69) is 15.6 Å². The number of nitrogens with one attached hydrogen (secondary N) is 2. The van der Waals surface area contributed by atoms with Gasteiger partial charge in [-0.1, -0.05) is 30.3 Å². The Balaban J connectivity index is 1.59. The van der Waals surface area contributed by atoms with Gasteiger partial charge in [0.2, 0.25) is 5.75 Å². The molecule has 1 aliphatic carbocycles. The van der Waals surface area contributed by atoms with Crippen LogP contribution in [0.5, 0.6) is 5.75 Å². The number of nitrogens with zero attached hydrogens (tertiary/aromatic N) is 3. The molecule has 1 aromatic carbocycles. The van der Waals surface area contributed by atoms with Gasteiger partial charge >= 0.3 is 11.8 Å². The van der Waals surface area contributed by atoms with Crippen LogP contribution in [0.3, 0.4) is 0 Å². The fourth-order valence-electron chi connectivity index (χ4n) is 4.95. The van der Waals surface area contributed by atoms with Gasteiger partial charge in [0, 0.05) is 27.2 Å². The van der Waals surface area contributed by atoms with Crippen LogP contribution < -0.4 is 16.2 Å². The van der Waals surface area contributed by atoms with Gasteiger partial charge in [0.05, 0.1) is 5.54 Å². The van der Waals surface area contributed by atoms with Crippen LogP contribution >= 0.6 is 0 Å². The molecule has 3 aliphatic rings. The second-order valence-corrected chi connectivity index (χ2v) is 9.57. The first kappa shape index (κ1) is 24.4. The normalized spacial score (nSPS) is 20.5. The summed E-state index contributed by atoms with van der Waals surface area (Å²) in [6, 6.07) is 9.85. The highest BCUT2D eigenvalue weighted by atomic mass is 16.3. The minimum absolute atomic E-state index is 0.183. The fraction of sp³-hybridized carbons (Fsp3) is 0.480. The van der Waals surface area contributed by atoms with Crippen molar-refractivity contribution in [2.75, 3.05) is 20.6 Å². The number of likely N-dealkylation sites (N-methyl/N-ethyl adjacent to an activating group) is 1. The lowest BCUT2D eigenvalue weighted by atomic mass is 9.77. The van der Waals surface area contributed by atoms with Crippen LogP contribution in [0.25, 0.3) is 0 Å². The average Bonchev–Trinajstić information content (AvgIpc) is 3.10. The highest BCUT2D eigenvalue weighted by Gasteiger charge is 2.46. The van der Waals surface area contributed by atoms with Crippen molar-refractivity contribution < 1.29 is 19.5 Å². The minimum atomic E-state index is -1.06. The van der Waals surface area contributed by atoms with Crippen molar-refractivity contribution in [3.63, 3.8) is 0 Å². The maximum atomic E-state index is 13.1. The third-order valence-electron chi connectivity index (χ3n) is 6.91. The largest absolute Gasteiger partial charge is 0.501 e. The quantitative estimate of drug-likeness (QED) is 0.415. The number of carbonyl (C=O) groups excluding carboxylic acids is 3. The minimum Gasteiger partial charge on any atom is -0.501 e. The van der Waals surface area contributed by atoms with Crippen molar-refractivity contribution in [1.29, 1.82) is 0 Å². The van der Waals surface area contributed by atoms with E-state index in [0.717, 1.165) is 24.8 Å². The summed E-state index contributed by atoms with van der Waals surface area (Å²) in [7, 11) is 2.97. The molecule has 3 amide bonds. The van der Waals surface area contributed by atoms with Gasteiger partial charge in [0.15, 0.2) is 5.69 Å². The number of aryl methyl sites for hydroxylation is 1. The number of benzene rings is 1. The van der Waals surface area contributed by atoms with Crippen molar-refractivity contribution in [2.24, 2.45) is 5.92 Å². The fourth-order valence-corrected chi connectivity index (χ4v) is 4.95. The predicted molar refractivity (Wildman–Crippen MR) is 128 cm³/mol. The summed E-state index contributed by atoms with van der Waals surface area (Å²) in [5.41, 5.74) is -0.994. The number of rotatable bonds is 6. The van der Waals surface area contributed by atoms with Gasteiger partial charge in [-0.25, -0.2) is 4.98 Å². The van der Waals surface area contributed by atoms with Crippen molar-refractivity contribution in [2.45, 2.75) is 50.6 Å².